The highest BCUT2D eigenvalue weighted by Crippen LogP contribution is 2.24. The van der Waals surface area contributed by atoms with Crippen molar-refractivity contribution in [2.75, 3.05) is 6.61 Å². The lowest BCUT2D eigenvalue weighted by atomic mass is 10.2. The fraction of sp³-hybridized carbons (Fsp3) is 0.333. The van der Waals surface area contributed by atoms with Crippen LogP contribution in [0.3, 0.4) is 0 Å². The van der Waals surface area contributed by atoms with Gasteiger partial charge < -0.3 is 20.3 Å². The van der Waals surface area contributed by atoms with Crippen molar-refractivity contribution >= 4 is 23.5 Å². The number of hydrogen-bond acceptors (Lipinski definition) is 4. The summed E-state index contributed by atoms with van der Waals surface area (Å²) < 4.78 is 5.31. The Labute approximate surface area is 114 Å². The quantitative estimate of drug-likeness (QED) is 0.715. The summed E-state index contributed by atoms with van der Waals surface area (Å²) in [7, 11) is 0. The Kier molecular flexibility index (Phi) is 5.59. The number of carboxylic acids is 1. The highest BCUT2D eigenvalue weighted by Gasteiger charge is 2.23. The van der Waals surface area contributed by atoms with E-state index in [2.05, 4.69) is 5.32 Å². The molecule has 0 aliphatic rings. The fourth-order valence-corrected chi connectivity index (χ4v) is 1.44. The maximum absolute atomic E-state index is 11.7. The Hall–Kier alpha value is -1.79. The van der Waals surface area contributed by atoms with Gasteiger partial charge in [0, 0.05) is 0 Å². The maximum atomic E-state index is 11.7. The number of nitrogens with one attached hydrogen (secondary N) is 1. The number of aliphatic carboxylic acids is 1. The molecule has 0 aliphatic heterocycles. The van der Waals surface area contributed by atoms with E-state index in [0.717, 1.165) is 0 Å². The average molecular weight is 288 g/mol. The van der Waals surface area contributed by atoms with Gasteiger partial charge in [-0.3, -0.25) is 4.79 Å². The zero-order valence-electron chi connectivity index (χ0n) is 10.2. The van der Waals surface area contributed by atoms with Crippen LogP contribution >= 0.6 is 11.6 Å². The molecule has 2 atom stereocenters. The first-order valence-electron chi connectivity index (χ1n) is 5.51. The predicted octanol–water partition coefficient (Wildman–Crippen LogP) is 0.669. The van der Waals surface area contributed by atoms with Crippen molar-refractivity contribution in [3.8, 4) is 5.75 Å². The van der Waals surface area contributed by atoms with Gasteiger partial charge in [0.05, 0.1) is 11.6 Å². The molecule has 0 heterocycles. The normalized spacial score (nSPS) is 13.4. The molecule has 0 saturated carbocycles. The number of aliphatic hydroxyl groups is 1. The number of rotatable bonds is 6. The third-order valence-electron chi connectivity index (χ3n) is 2.31. The summed E-state index contributed by atoms with van der Waals surface area (Å²) in [6, 6.07) is 5.25. The van der Waals surface area contributed by atoms with Crippen molar-refractivity contribution in [2.45, 2.75) is 19.1 Å². The summed E-state index contributed by atoms with van der Waals surface area (Å²) in [6.07, 6.45) is -0.937. The number of carbonyl (C=O) groups is 2. The van der Waals surface area contributed by atoms with E-state index in [1.165, 1.54) is 6.92 Å². The lowest BCUT2D eigenvalue weighted by Crippen LogP contribution is -2.48. The molecule has 0 spiro atoms. The molecular weight excluding hydrogens is 274 g/mol. The van der Waals surface area contributed by atoms with Crippen LogP contribution in [0.2, 0.25) is 5.02 Å². The number of amides is 1. The van der Waals surface area contributed by atoms with Crippen LogP contribution in [0.15, 0.2) is 24.3 Å². The fourth-order valence-electron chi connectivity index (χ4n) is 1.26. The Morgan fingerprint density at radius 1 is 1.42 bits per heavy atom. The molecule has 3 N–H and O–H groups in total. The van der Waals surface area contributed by atoms with Crippen molar-refractivity contribution in [1.82, 2.24) is 5.32 Å². The standard InChI is InChI=1S/C12H14ClNO5/c1-7(11(16)14-9(6-15)12(17)18)19-10-5-3-2-4-8(10)13/h2-5,7,9,15H,6H2,1H3,(H,14,16)(H,17,18). The van der Waals surface area contributed by atoms with Crippen LogP contribution in [0.1, 0.15) is 6.92 Å². The molecule has 0 fully saturated rings. The van der Waals surface area contributed by atoms with Crippen LogP contribution in [-0.4, -0.2) is 40.8 Å². The number of carboxylic acid groups (broad SMARTS) is 1. The summed E-state index contributed by atoms with van der Waals surface area (Å²) >= 11 is 5.87. The Morgan fingerprint density at radius 3 is 2.58 bits per heavy atom. The van der Waals surface area contributed by atoms with Gasteiger partial charge in [0.2, 0.25) is 0 Å². The Morgan fingerprint density at radius 2 is 2.05 bits per heavy atom. The van der Waals surface area contributed by atoms with Crippen molar-refractivity contribution in [2.24, 2.45) is 0 Å². The lowest BCUT2D eigenvalue weighted by molar-refractivity contribution is -0.144. The zero-order valence-corrected chi connectivity index (χ0v) is 10.9. The Balaban J connectivity index is 2.63. The molecule has 6 nitrogen and oxygen atoms in total. The van der Waals surface area contributed by atoms with Crippen molar-refractivity contribution < 1.29 is 24.5 Å². The number of hydrogen-bond donors (Lipinski definition) is 3. The molecule has 0 radical (unpaired) electrons. The van der Waals surface area contributed by atoms with Crippen LogP contribution in [0.4, 0.5) is 0 Å². The number of benzene rings is 1. The highest BCUT2D eigenvalue weighted by atomic mass is 35.5. The SMILES string of the molecule is CC(Oc1ccccc1Cl)C(=O)NC(CO)C(=O)O. The number of para-hydroxylation sites is 1. The second-order valence-corrected chi connectivity index (χ2v) is 4.18. The van der Waals surface area contributed by atoms with Crippen LogP contribution < -0.4 is 10.1 Å². The third-order valence-corrected chi connectivity index (χ3v) is 2.62. The molecule has 19 heavy (non-hydrogen) atoms. The minimum atomic E-state index is -1.36. The number of aliphatic hydroxyl groups excluding tert-OH is 1. The zero-order chi connectivity index (χ0) is 14.4. The van der Waals surface area contributed by atoms with Gasteiger partial charge in [-0.25, -0.2) is 4.79 Å². The molecule has 0 aromatic heterocycles. The van der Waals surface area contributed by atoms with Gasteiger partial charge in [0.15, 0.2) is 6.10 Å². The van der Waals surface area contributed by atoms with Gasteiger partial charge in [-0.1, -0.05) is 23.7 Å². The molecule has 1 aromatic carbocycles. The summed E-state index contributed by atoms with van der Waals surface area (Å²) in [5.41, 5.74) is 0. The van der Waals surface area contributed by atoms with Crippen LogP contribution in [0, 0.1) is 0 Å². The summed E-state index contributed by atoms with van der Waals surface area (Å²) in [5, 5.41) is 20.0. The summed E-state index contributed by atoms with van der Waals surface area (Å²) in [5.74, 6) is -1.65. The topological polar surface area (TPSA) is 95.9 Å². The van der Waals surface area contributed by atoms with Gasteiger partial charge in [0.1, 0.15) is 11.8 Å². The monoisotopic (exact) mass is 287 g/mol. The molecule has 0 bridgehead atoms. The molecule has 0 aliphatic carbocycles. The average Bonchev–Trinajstić information content (AvgIpc) is 2.37. The molecule has 1 aromatic rings. The van der Waals surface area contributed by atoms with E-state index in [9.17, 15) is 9.59 Å². The van der Waals surface area contributed by atoms with Gasteiger partial charge >= 0.3 is 5.97 Å². The van der Waals surface area contributed by atoms with E-state index in [-0.39, 0.29) is 0 Å². The molecule has 1 rings (SSSR count). The van der Waals surface area contributed by atoms with E-state index < -0.39 is 30.6 Å². The molecule has 104 valence electrons. The van der Waals surface area contributed by atoms with Crippen LogP contribution in [-0.2, 0) is 9.59 Å². The molecule has 2 unspecified atom stereocenters. The van der Waals surface area contributed by atoms with Crippen molar-refractivity contribution in [1.29, 1.82) is 0 Å². The number of ether oxygens (including phenoxy) is 1. The van der Waals surface area contributed by atoms with Crippen molar-refractivity contribution in [3.63, 3.8) is 0 Å². The largest absolute Gasteiger partial charge is 0.480 e. The molecule has 7 heteroatoms. The molecular formula is C12H14ClNO5. The van der Waals surface area contributed by atoms with Crippen LogP contribution in [0.25, 0.3) is 0 Å². The smallest absolute Gasteiger partial charge is 0.328 e. The van der Waals surface area contributed by atoms with Gasteiger partial charge in [-0.2, -0.15) is 0 Å². The van der Waals surface area contributed by atoms with Gasteiger partial charge in [-0.15, -0.1) is 0 Å². The van der Waals surface area contributed by atoms with Gasteiger partial charge in [0.25, 0.3) is 5.91 Å². The molecule has 0 saturated heterocycles. The number of halogens is 1. The first kappa shape index (κ1) is 15.3. The lowest BCUT2D eigenvalue weighted by Gasteiger charge is -2.18. The summed E-state index contributed by atoms with van der Waals surface area (Å²) in [4.78, 5) is 22.3. The second-order valence-electron chi connectivity index (χ2n) is 3.77. The van der Waals surface area contributed by atoms with Gasteiger partial charge in [-0.05, 0) is 19.1 Å². The predicted molar refractivity (Wildman–Crippen MR) is 68.2 cm³/mol. The first-order valence-corrected chi connectivity index (χ1v) is 5.88. The first-order chi connectivity index (χ1) is 8.95. The van der Waals surface area contributed by atoms with Crippen molar-refractivity contribution in [3.05, 3.63) is 29.3 Å². The maximum Gasteiger partial charge on any atom is 0.328 e. The summed E-state index contributed by atoms with van der Waals surface area (Å²) in [6.45, 7) is 0.759. The van der Waals surface area contributed by atoms with E-state index in [1.807, 2.05) is 0 Å². The van der Waals surface area contributed by atoms with Crippen LogP contribution in [0.5, 0.6) is 5.75 Å². The highest BCUT2D eigenvalue weighted by molar-refractivity contribution is 6.32. The Bertz CT molecular complexity index is 465. The van der Waals surface area contributed by atoms with E-state index in [1.54, 1.807) is 24.3 Å². The minimum Gasteiger partial charge on any atom is -0.480 e. The van der Waals surface area contributed by atoms with E-state index in [0.29, 0.717) is 10.8 Å². The number of carbonyl (C=O) groups excluding carboxylic acids is 1. The van der Waals surface area contributed by atoms with E-state index >= 15 is 0 Å². The second kappa shape index (κ2) is 6.96. The third kappa shape index (κ3) is 4.42. The minimum absolute atomic E-state index is 0.322. The van der Waals surface area contributed by atoms with E-state index in [4.69, 9.17) is 26.6 Å². The molecule has 1 amide bonds.